The molecule has 0 aliphatic rings. The molecular formula is C13H16N2O2S. The van der Waals surface area contributed by atoms with Gasteiger partial charge in [0.1, 0.15) is 5.01 Å². The fraction of sp³-hybridized carbons (Fsp3) is 0.308. The molecule has 0 spiro atoms. The SMILES string of the molecule is COc1ccc(-c2nc(CN)c(C)s2)cc1OC. The van der Waals surface area contributed by atoms with E-state index in [1.54, 1.807) is 25.6 Å². The third-order valence-corrected chi connectivity index (χ3v) is 3.78. The summed E-state index contributed by atoms with van der Waals surface area (Å²) in [6, 6.07) is 5.78. The van der Waals surface area contributed by atoms with Crippen molar-refractivity contribution in [1.82, 2.24) is 4.98 Å². The Morgan fingerprint density at radius 1 is 1.22 bits per heavy atom. The molecule has 0 bridgehead atoms. The van der Waals surface area contributed by atoms with Gasteiger partial charge in [-0.05, 0) is 25.1 Å². The van der Waals surface area contributed by atoms with Gasteiger partial charge in [0.05, 0.1) is 19.9 Å². The van der Waals surface area contributed by atoms with E-state index in [0.717, 1.165) is 21.1 Å². The Morgan fingerprint density at radius 2 is 1.94 bits per heavy atom. The van der Waals surface area contributed by atoms with E-state index in [4.69, 9.17) is 15.2 Å². The van der Waals surface area contributed by atoms with Crippen molar-refractivity contribution in [3.8, 4) is 22.1 Å². The quantitative estimate of drug-likeness (QED) is 0.922. The first-order chi connectivity index (χ1) is 8.69. The van der Waals surface area contributed by atoms with Crippen molar-refractivity contribution < 1.29 is 9.47 Å². The lowest BCUT2D eigenvalue weighted by Crippen LogP contribution is -1.97. The van der Waals surface area contributed by atoms with Crippen molar-refractivity contribution >= 4 is 11.3 Å². The van der Waals surface area contributed by atoms with Crippen molar-refractivity contribution in [3.05, 3.63) is 28.8 Å². The number of nitrogens with zero attached hydrogens (tertiary/aromatic N) is 1. The van der Waals surface area contributed by atoms with Gasteiger partial charge in [-0.2, -0.15) is 0 Å². The summed E-state index contributed by atoms with van der Waals surface area (Å²) >= 11 is 1.64. The number of benzene rings is 1. The third kappa shape index (κ3) is 2.32. The molecule has 18 heavy (non-hydrogen) atoms. The minimum Gasteiger partial charge on any atom is -0.493 e. The standard InChI is InChI=1S/C13H16N2O2S/c1-8-10(7-14)15-13(18-8)9-4-5-11(16-2)12(6-9)17-3/h4-6H,7,14H2,1-3H3. The average molecular weight is 264 g/mol. The highest BCUT2D eigenvalue weighted by Gasteiger charge is 2.11. The maximum Gasteiger partial charge on any atom is 0.161 e. The molecule has 5 heteroatoms. The first-order valence-electron chi connectivity index (χ1n) is 5.58. The van der Waals surface area contributed by atoms with Crippen LogP contribution in [-0.4, -0.2) is 19.2 Å². The van der Waals surface area contributed by atoms with Gasteiger partial charge >= 0.3 is 0 Å². The normalized spacial score (nSPS) is 10.4. The van der Waals surface area contributed by atoms with Crippen LogP contribution in [0.5, 0.6) is 11.5 Å². The van der Waals surface area contributed by atoms with E-state index < -0.39 is 0 Å². The molecule has 0 atom stereocenters. The molecule has 0 radical (unpaired) electrons. The lowest BCUT2D eigenvalue weighted by atomic mass is 10.2. The number of rotatable bonds is 4. The number of ether oxygens (including phenoxy) is 2. The molecule has 2 rings (SSSR count). The average Bonchev–Trinajstić information content (AvgIpc) is 2.79. The van der Waals surface area contributed by atoms with Gasteiger partial charge in [-0.3, -0.25) is 0 Å². The van der Waals surface area contributed by atoms with Gasteiger partial charge in [0.2, 0.25) is 0 Å². The molecule has 2 aromatic rings. The Hall–Kier alpha value is -1.59. The molecule has 96 valence electrons. The van der Waals surface area contributed by atoms with Gasteiger partial charge in [-0.1, -0.05) is 0 Å². The van der Waals surface area contributed by atoms with Crippen LogP contribution in [-0.2, 0) is 6.54 Å². The van der Waals surface area contributed by atoms with Crippen LogP contribution in [0.3, 0.4) is 0 Å². The first-order valence-corrected chi connectivity index (χ1v) is 6.40. The Balaban J connectivity index is 2.44. The number of hydrogen-bond donors (Lipinski definition) is 1. The van der Waals surface area contributed by atoms with Crippen molar-refractivity contribution in [2.24, 2.45) is 5.73 Å². The second kappa shape index (κ2) is 5.37. The molecule has 0 aliphatic heterocycles. The summed E-state index contributed by atoms with van der Waals surface area (Å²) in [7, 11) is 3.25. The highest BCUT2D eigenvalue weighted by molar-refractivity contribution is 7.15. The molecule has 0 aliphatic carbocycles. The molecule has 4 nitrogen and oxygen atoms in total. The van der Waals surface area contributed by atoms with Crippen molar-refractivity contribution in [3.63, 3.8) is 0 Å². The molecule has 0 fully saturated rings. The topological polar surface area (TPSA) is 57.4 Å². The molecule has 2 N–H and O–H groups in total. The maximum atomic E-state index is 5.64. The van der Waals surface area contributed by atoms with E-state index in [1.807, 2.05) is 25.1 Å². The zero-order valence-corrected chi connectivity index (χ0v) is 11.5. The number of aromatic nitrogens is 1. The number of hydrogen-bond acceptors (Lipinski definition) is 5. The zero-order chi connectivity index (χ0) is 13.1. The van der Waals surface area contributed by atoms with Gasteiger partial charge in [-0.25, -0.2) is 4.98 Å². The number of thiazole rings is 1. The minimum absolute atomic E-state index is 0.468. The van der Waals surface area contributed by atoms with Crippen LogP contribution >= 0.6 is 11.3 Å². The predicted molar refractivity (Wildman–Crippen MR) is 73.3 cm³/mol. The van der Waals surface area contributed by atoms with E-state index in [-0.39, 0.29) is 0 Å². The van der Waals surface area contributed by atoms with E-state index in [2.05, 4.69) is 4.98 Å². The lowest BCUT2D eigenvalue weighted by Gasteiger charge is -2.08. The fourth-order valence-corrected chi connectivity index (χ4v) is 2.65. The van der Waals surface area contributed by atoms with Gasteiger partial charge in [0.15, 0.2) is 11.5 Å². The van der Waals surface area contributed by atoms with Crippen LogP contribution in [0.1, 0.15) is 10.6 Å². The summed E-state index contributed by atoms with van der Waals surface area (Å²) in [5.41, 5.74) is 7.61. The molecular weight excluding hydrogens is 248 g/mol. The molecule has 0 saturated heterocycles. The predicted octanol–water partition coefficient (Wildman–Crippen LogP) is 2.59. The van der Waals surface area contributed by atoms with Gasteiger partial charge in [0.25, 0.3) is 0 Å². The largest absolute Gasteiger partial charge is 0.493 e. The van der Waals surface area contributed by atoms with Crippen molar-refractivity contribution in [2.45, 2.75) is 13.5 Å². The summed E-state index contributed by atoms with van der Waals surface area (Å²) in [6.45, 7) is 2.50. The summed E-state index contributed by atoms with van der Waals surface area (Å²) in [4.78, 5) is 5.68. The lowest BCUT2D eigenvalue weighted by molar-refractivity contribution is 0.355. The molecule has 1 aromatic carbocycles. The molecule has 0 unspecified atom stereocenters. The molecule has 1 heterocycles. The fourth-order valence-electron chi connectivity index (χ4n) is 1.71. The zero-order valence-electron chi connectivity index (χ0n) is 10.7. The van der Waals surface area contributed by atoms with Crippen molar-refractivity contribution in [2.75, 3.05) is 14.2 Å². The third-order valence-electron chi connectivity index (χ3n) is 2.72. The summed E-state index contributed by atoms with van der Waals surface area (Å²) in [6.07, 6.45) is 0. The van der Waals surface area contributed by atoms with Crippen LogP contribution in [0.25, 0.3) is 10.6 Å². The first kappa shape index (κ1) is 12.9. The summed E-state index contributed by atoms with van der Waals surface area (Å²) in [5, 5.41) is 0.953. The number of nitrogens with two attached hydrogens (primary N) is 1. The van der Waals surface area contributed by atoms with E-state index >= 15 is 0 Å². The highest BCUT2D eigenvalue weighted by atomic mass is 32.1. The Kier molecular flexibility index (Phi) is 3.84. The van der Waals surface area contributed by atoms with E-state index in [0.29, 0.717) is 18.0 Å². The van der Waals surface area contributed by atoms with Crippen LogP contribution in [0, 0.1) is 6.92 Å². The monoisotopic (exact) mass is 264 g/mol. The Labute approximate surface area is 110 Å². The van der Waals surface area contributed by atoms with Crippen LogP contribution in [0.15, 0.2) is 18.2 Å². The van der Waals surface area contributed by atoms with Gasteiger partial charge in [-0.15, -0.1) is 11.3 Å². The molecule has 0 amide bonds. The van der Waals surface area contributed by atoms with Gasteiger partial charge in [0, 0.05) is 17.0 Å². The van der Waals surface area contributed by atoms with Crippen LogP contribution in [0.2, 0.25) is 0 Å². The number of aryl methyl sites for hydroxylation is 1. The van der Waals surface area contributed by atoms with Crippen molar-refractivity contribution in [1.29, 1.82) is 0 Å². The van der Waals surface area contributed by atoms with Gasteiger partial charge < -0.3 is 15.2 Å². The molecule has 1 aromatic heterocycles. The summed E-state index contributed by atoms with van der Waals surface area (Å²) in [5.74, 6) is 1.42. The minimum atomic E-state index is 0.468. The summed E-state index contributed by atoms with van der Waals surface area (Å²) < 4.78 is 10.5. The smallest absolute Gasteiger partial charge is 0.161 e. The van der Waals surface area contributed by atoms with Crippen LogP contribution in [0.4, 0.5) is 0 Å². The highest BCUT2D eigenvalue weighted by Crippen LogP contribution is 2.34. The van der Waals surface area contributed by atoms with E-state index in [1.165, 1.54) is 0 Å². The van der Waals surface area contributed by atoms with E-state index in [9.17, 15) is 0 Å². The molecule has 0 saturated carbocycles. The Morgan fingerprint density at radius 3 is 2.50 bits per heavy atom. The Bertz CT molecular complexity index is 552. The maximum absolute atomic E-state index is 5.64. The number of methoxy groups -OCH3 is 2. The second-order valence-corrected chi connectivity index (χ2v) is 5.00. The second-order valence-electron chi connectivity index (χ2n) is 3.80. The van der Waals surface area contributed by atoms with Crippen LogP contribution < -0.4 is 15.2 Å².